The van der Waals surface area contributed by atoms with E-state index in [0.717, 1.165) is 31.8 Å². The molecular formula is C13H23N5O. The number of hydrogen-bond acceptors (Lipinski definition) is 4. The van der Waals surface area contributed by atoms with Crippen molar-refractivity contribution in [2.75, 3.05) is 19.6 Å². The first-order valence-corrected chi connectivity index (χ1v) is 7.06. The van der Waals surface area contributed by atoms with Crippen LogP contribution >= 0.6 is 0 Å². The lowest BCUT2D eigenvalue weighted by molar-refractivity contribution is -0.121. The number of nitrogens with zero attached hydrogens (tertiary/aromatic N) is 3. The summed E-state index contributed by atoms with van der Waals surface area (Å²) in [7, 11) is 1.91. The zero-order valence-electron chi connectivity index (χ0n) is 11.6. The number of carbonyl (C=O) groups is 1. The van der Waals surface area contributed by atoms with Crippen molar-refractivity contribution in [3.05, 3.63) is 12.2 Å². The molecule has 6 nitrogen and oxygen atoms in total. The van der Waals surface area contributed by atoms with Gasteiger partial charge in [-0.3, -0.25) is 4.79 Å². The van der Waals surface area contributed by atoms with Crippen molar-refractivity contribution in [2.24, 2.45) is 13.0 Å². The molecule has 6 heteroatoms. The molecule has 0 bridgehead atoms. The van der Waals surface area contributed by atoms with Crippen LogP contribution in [0, 0.1) is 5.92 Å². The molecular weight excluding hydrogens is 242 g/mol. The minimum Gasteiger partial charge on any atom is -0.356 e. The van der Waals surface area contributed by atoms with E-state index < -0.39 is 0 Å². The molecule has 0 saturated carbocycles. The van der Waals surface area contributed by atoms with Gasteiger partial charge in [0.25, 0.3) is 0 Å². The fourth-order valence-corrected chi connectivity index (χ4v) is 2.44. The molecule has 2 heterocycles. The van der Waals surface area contributed by atoms with Gasteiger partial charge in [0, 0.05) is 26.4 Å². The first kappa shape index (κ1) is 14.0. The van der Waals surface area contributed by atoms with E-state index in [1.165, 1.54) is 12.8 Å². The van der Waals surface area contributed by atoms with Gasteiger partial charge >= 0.3 is 0 Å². The van der Waals surface area contributed by atoms with Crippen molar-refractivity contribution in [1.29, 1.82) is 0 Å². The van der Waals surface area contributed by atoms with Crippen LogP contribution in [0.2, 0.25) is 0 Å². The Kier molecular flexibility index (Phi) is 5.32. The number of amides is 1. The molecule has 106 valence electrons. The summed E-state index contributed by atoms with van der Waals surface area (Å²) in [5.41, 5.74) is 0. The van der Waals surface area contributed by atoms with Crippen LogP contribution < -0.4 is 10.6 Å². The Hall–Kier alpha value is -1.43. The molecule has 1 aliphatic rings. The zero-order chi connectivity index (χ0) is 13.5. The summed E-state index contributed by atoms with van der Waals surface area (Å²) in [6.45, 7) is 2.83. The molecule has 0 spiro atoms. The number of nitrogens with one attached hydrogen (secondary N) is 2. The van der Waals surface area contributed by atoms with Crippen LogP contribution in [0.4, 0.5) is 0 Å². The maximum Gasteiger partial charge on any atom is 0.220 e. The van der Waals surface area contributed by atoms with Crippen LogP contribution in [0.3, 0.4) is 0 Å². The molecule has 2 N–H and O–H groups in total. The lowest BCUT2D eigenvalue weighted by atomic mass is 9.93. The smallest absolute Gasteiger partial charge is 0.220 e. The van der Waals surface area contributed by atoms with Crippen molar-refractivity contribution in [1.82, 2.24) is 25.4 Å². The van der Waals surface area contributed by atoms with Crippen LogP contribution in [0.25, 0.3) is 0 Å². The molecule has 1 fully saturated rings. The van der Waals surface area contributed by atoms with Crippen LogP contribution in [-0.2, 0) is 18.3 Å². The largest absolute Gasteiger partial charge is 0.356 e. The van der Waals surface area contributed by atoms with Gasteiger partial charge in [-0.05, 0) is 38.3 Å². The fraction of sp³-hybridized carbons (Fsp3) is 0.769. The maximum atomic E-state index is 11.7. The van der Waals surface area contributed by atoms with E-state index in [4.69, 9.17) is 0 Å². The molecule has 1 saturated heterocycles. The quantitative estimate of drug-likeness (QED) is 0.773. The number of piperidine rings is 1. The Labute approximate surface area is 114 Å². The van der Waals surface area contributed by atoms with Gasteiger partial charge in [-0.25, -0.2) is 0 Å². The van der Waals surface area contributed by atoms with Crippen molar-refractivity contribution >= 4 is 5.91 Å². The second-order valence-electron chi connectivity index (χ2n) is 5.19. The van der Waals surface area contributed by atoms with E-state index in [2.05, 4.69) is 20.8 Å². The maximum absolute atomic E-state index is 11.7. The van der Waals surface area contributed by atoms with E-state index >= 15 is 0 Å². The molecule has 0 aromatic carbocycles. The molecule has 0 radical (unpaired) electrons. The van der Waals surface area contributed by atoms with E-state index in [-0.39, 0.29) is 5.91 Å². The molecule has 1 aliphatic heterocycles. The normalized spacial score (nSPS) is 16.5. The molecule has 19 heavy (non-hydrogen) atoms. The first-order chi connectivity index (χ1) is 9.25. The predicted octanol–water partition coefficient (Wildman–Crippen LogP) is 0.254. The average molecular weight is 265 g/mol. The van der Waals surface area contributed by atoms with E-state index in [1.807, 2.05) is 11.6 Å². The summed E-state index contributed by atoms with van der Waals surface area (Å²) in [5.74, 6) is 1.77. The molecule has 0 atom stereocenters. The van der Waals surface area contributed by atoms with Crippen molar-refractivity contribution in [3.8, 4) is 0 Å². The first-order valence-electron chi connectivity index (χ1n) is 7.06. The van der Waals surface area contributed by atoms with Gasteiger partial charge in [-0.2, -0.15) is 0 Å². The number of carbonyl (C=O) groups excluding carboxylic acids is 1. The highest BCUT2D eigenvalue weighted by Crippen LogP contribution is 2.17. The van der Waals surface area contributed by atoms with Gasteiger partial charge < -0.3 is 15.2 Å². The summed E-state index contributed by atoms with van der Waals surface area (Å²) < 4.78 is 1.88. The van der Waals surface area contributed by atoms with Crippen LogP contribution in [0.1, 0.15) is 31.5 Å². The minimum atomic E-state index is 0.153. The topological polar surface area (TPSA) is 71.8 Å². The Balaban J connectivity index is 1.58. The summed E-state index contributed by atoms with van der Waals surface area (Å²) >= 11 is 0. The zero-order valence-corrected chi connectivity index (χ0v) is 11.6. The van der Waals surface area contributed by atoms with Crippen molar-refractivity contribution in [2.45, 2.75) is 32.1 Å². The van der Waals surface area contributed by atoms with Crippen LogP contribution in [-0.4, -0.2) is 40.3 Å². The molecule has 2 rings (SSSR count). The second-order valence-corrected chi connectivity index (χ2v) is 5.19. The highest BCUT2D eigenvalue weighted by Gasteiger charge is 2.14. The lowest BCUT2D eigenvalue weighted by Crippen LogP contribution is -2.30. The Bertz CT molecular complexity index is 397. The van der Waals surface area contributed by atoms with Gasteiger partial charge in [0.2, 0.25) is 5.91 Å². The molecule has 1 aromatic rings. The third-order valence-corrected chi connectivity index (χ3v) is 3.71. The highest BCUT2D eigenvalue weighted by atomic mass is 16.1. The SMILES string of the molecule is Cn1cnnc1CCNC(=O)CCC1CCNCC1. The number of rotatable bonds is 6. The molecule has 1 aromatic heterocycles. The predicted molar refractivity (Wildman–Crippen MR) is 72.5 cm³/mol. The minimum absolute atomic E-state index is 0.153. The number of hydrogen-bond donors (Lipinski definition) is 2. The van der Waals surface area contributed by atoms with Gasteiger partial charge in [0.15, 0.2) is 0 Å². The highest BCUT2D eigenvalue weighted by molar-refractivity contribution is 5.75. The van der Waals surface area contributed by atoms with Gasteiger partial charge in [-0.15, -0.1) is 10.2 Å². The van der Waals surface area contributed by atoms with Gasteiger partial charge in [-0.1, -0.05) is 0 Å². The van der Waals surface area contributed by atoms with Crippen LogP contribution in [0.5, 0.6) is 0 Å². The summed E-state index contributed by atoms with van der Waals surface area (Å²) in [6.07, 6.45) is 6.46. The fourth-order valence-electron chi connectivity index (χ4n) is 2.44. The van der Waals surface area contributed by atoms with Crippen molar-refractivity contribution < 1.29 is 4.79 Å². The summed E-state index contributed by atoms with van der Waals surface area (Å²) in [6, 6.07) is 0. The monoisotopic (exact) mass is 265 g/mol. The summed E-state index contributed by atoms with van der Waals surface area (Å²) in [5, 5.41) is 14.1. The number of aryl methyl sites for hydroxylation is 1. The van der Waals surface area contributed by atoms with E-state index in [1.54, 1.807) is 6.33 Å². The molecule has 1 amide bonds. The lowest BCUT2D eigenvalue weighted by Gasteiger charge is -2.22. The van der Waals surface area contributed by atoms with Gasteiger partial charge in [0.05, 0.1) is 0 Å². The molecule has 0 unspecified atom stereocenters. The Morgan fingerprint density at radius 1 is 1.53 bits per heavy atom. The Morgan fingerprint density at radius 2 is 2.32 bits per heavy atom. The third-order valence-electron chi connectivity index (χ3n) is 3.71. The summed E-state index contributed by atoms with van der Waals surface area (Å²) in [4.78, 5) is 11.7. The van der Waals surface area contributed by atoms with Gasteiger partial charge in [0.1, 0.15) is 12.2 Å². The third kappa shape index (κ3) is 4.63. The Morgan fingerprint density at radius 3 is 3.00 bits per heavy atom. The second kappa shape index (κ2) is 7.23. The number of aromatic nitrogens is 3. The van der Waals surface area contributed by atoms with Crippen LogP contribution in [0.15, 0.2) is 6.33 Å². The average Bonchev–Trinajstić information content (AvgIpc) is 2.83. The van der Waals surface area contributed by atoms with E-state index in [0.29, 0.717) is 18.9 Å². The van der Waals surface area contributed by atoms with Crippen molar-refractivity contribution in [3.63, 3.8) is 0 Å². The molecule has 0 aliphatic carbocycles. The standard InChI is InChI=1S/C13H23N5O/c1-18-10-16-17-12(18)6-9-15-13(19)3-2-11-4-7-14-8-5-11/h10-11,14H,2-9H2,1H3,(H,15,19). The van der Waals surface area contributed by atoms with E-state index in [9.17, 15) is 4.79 Å².